The van der Waals surface area contributed by atoms with Gasteiger partial charge in [-0.2, -0.15) is 0 Å². The molecule has 2 saturated carbocycles. The number of carbonyl (C=O) groups is 2. The Bertz CT molecular complexity index is 1310. The molecule has 3 fully saturated rings. The van der Waals surface area contributed by atoms with Crippen LogP contribution in [0.25, 0.3) is 11.0 Å². The zero-order chi connectivity index (χ0) is 27.4. The number of alkyl carbamates (subject to hydrolysis) is 1. The van der Waals surface area contributed by atoms with E-state index in [0.29, 0.717) is 5.56 Å². The summed E-state index contributed by atoms with van der Waals surface area (Å²) in [5.74, 6) is -0.718. The predicted octanol–water partition coefficient (Wildman–Crippen LogP) is 2.30. The van der Waals surface area contributed by atoms with Gasteiger partial charge < -0.3 is 44.2 Å². The molecule has 0 bridgehead atoms. The number of rotatable bonds is 7. The van der Waals surface area contributed by atoms with Crippen molar-refractivity contribution in [2.75, 3.05) is 12.4 Å². The number of ether oxygens (including phenoxy) is 4. The van der Waals surface area contributed by atoms with Crippen LogP contribution in [0.2, 0.25) is 0 Å². The third kappa shape index (κ3) is 5.03. The van der Waals surface area contributed by atoms with Crippen molar-refractivity contribution >= 4 is 28.7 Å². The molecule has 1 aromatic heterocycles. The summed E-state index contributed by atoms with van der Waals surface area (Å²) in [4.78, 5) is 37.1. The van der Waals surface area contributed by atoms with Crippen molar-refractivity contribution in [2.24, 2.45) is 5.92 Å². The van der Waals surface area contributed by atoms with Gasteiger partial charge in [0, 0.05) is 24.6 Å². The second-order valence-electron chi connectivity index (χ2n) is 10.6. The highest BCUT2D eigenvalue weighted by atomic mass is 16.7. The van der Waals surface area contributed by atoms with Gasteiger partial charge in [0.15, 0.2) is 23.6 Å². The monoisotopic (exact) mass is 532 g/mol. The second kappa shape index (κ2) is 9.75. The highest BCUT2D eigenvalue weighted by Gasteiger charge is 2.53. The summed E-state index contributed by atoms with van der Waals surface area (Å²) in [5.41, 5.74) is -1.84. The van der Waals surface area contributed by atoms with E-state index >= 15 is 0 Å². The first-order chi connectivity index (χ1) is 18.0. The summed E-state index contributed by atoms with van der Waals surface area (Å²) in [6, 6.07) is 3.05. The quantitative estimate of drug-likeness (QED) is 0.389. The molecule has 38 heavy (non-hydrogen) atoms. The van der Waals surface area contributed by atoms with Gasteiger partial charge in [-0.1, -0.05) is 0 Å². The fourth-order valence-electron chi connectivity index (χ4n) is 4.66. The van der Waals surface area contributed by atoms with Crippen LogP contribution in [-0.4, -0.2) is 65.6 Å². The number of aryl methyl sites for hydroxylation is 1. The number of hydrogen-bond acceptors (Lipinski definition) is 10. The van der Waals surface area contributed by atoms with E-state index in [1.807, 2.05) is 0 Å². The lowest BCUT2D eigenvalue weighted by Gasteiger charge is -2.47. The standard InChI is InChI=1S/C26H32N2O10/c1-11-15(10-9-14-17(29)16(23(32)36-19(11)14)28-22(31)12-5-6-12)35-24-18(30)20(21(34-4)26(2,3)38-24)37-25(33)27-13-7-8-13/h9-10,12-13,18,20-21,24,29-30H,5-8H2,1-4H3,(H,27,33)(H,28,31)/t18-,20+,21-,24-/m1/s1. The van der Waals surface area contributed by atoms with Gasteiger partial charge in [-0.3, -0.25) is 4.79 Å². The van der Waals surface area contributed by atoms with Gasteiger partial charge in [0.05, 0.1) is 11.0 Å². The molecule has 1 aromatic carbocycles. The normalized spacial score (nSPS) is 26.6. The molecule has 3 aliphatic rings. The molecule has 4 N–H and O–H groups in total. The van der Waals surface area contributed by atoms with Crippen LogP contribution in [0.3, 0.4) is 0 Å². The minimum absolute atomic E-state index is 0.0466. The first kappa shape index (κ1) is 26.3. The molecule has 12 nitrogen and oxygen atoms in total. The fraction of sp³-hybridized carbons (Fsp3) is 0.577. The highest BCUT2D eigenvalue weighted by molar-refractivity contribution is 5.99. The van der Waals surface area contributed by atoms with Crippen molar-refractivity contribution < 1.29 is 43.2 Å². The maximum absolute atomic E-state index is 12.6. The molecular weight excluding hydrogens is 500 g/mol. The van der Waals surface area contributed by atoms with Crippen LogP contribution in [0.4, 0.5) is 10.5 Å². The summed E-state index contributed by atoms with van der Waals surface area (Å²) >= 11 is 0. The van der Waals surface area contributed by atoms with Gasteiger partial charge in [0.2, 0.25) is 12.2 Å². The van der Waals surface area contributed by atoms with Crippen molar-refractivity contribution in [3.8, 4) is 11.5 Å². The Morgan fingerprint density at radius 1 is 1.16 bits per heavy atom. The number of benzene rings is 1. The summed E-state index contributed by atoms with van der Waals surface area (Å²) < 4.78 is 28.5. The van der Waals surface area contributed by atoms with Crippen molar-refractivity contribution in [1.82, 2.24) is 5.32 Å². The van der Waals surface area contributed by atoms with Crippen LogP contribution < -0.4 is 21.0 Å². The topological polar surface area (TPSA) is 166 Å². The number of anilines is 1. The molecule has 0 radical (unpaired) electrons. The Balaban J connectivity index is 1.41. The molecule has 5 rings (SSSR count). The van der Waals surface area contributed by atoms with E-state index in [-0.39, 0.29) is 40.3 Å². The Kier molecular flexibility index (Phi) is 6.74. The van der Waals surface area contributed by atoms with Crippen molar-refractivity contribution in [3.63, 3.8) is 0 Å². The minimum atomic E-state index is -1.42. The van der Waals surface area contributed by atoms with E-state index in [9.17, 15) is 24.6 Å². The second-order valence-corrected chi connectivity index (χ2v) is 10.6. The van der Waals surface area contributed by atoms with E-state index < -0.39 is 47.7 Å². The number of aliphatic hydroxyl groups excluding tert-OH is 1. The number of aromatic hydroxyl groups is 1. The molecule has 2 amide bonds. The summed E-state index contributed by atoms with van der Waals surface area (Å²) in [7, 11) is 1.43. The SMILES string of the molecule is CO[C@@H]1[C@@H](OC(=O)NC2CC2)[C@@H](O)[C@H](Oc2ccc3c(O)c(NC(=O)C4CC4)c(=O)oc3c2C)OC1(C)C. The van der Waals surface area contributed by atoms with Gasteiger partial charge in [0.1, 0.15) is 17.4 Å². The van der Waals surface area contributed by atoms with Crippen LogP contribution in [-0.2, 0) is 19.0 Å². The van der Waals surface area contributed by atoms with Crippen molar-refractivity contribution in [2.45, 2.75) is 82.7 Å². The van der Waals surface area contributed by atoms with E-state index in [4.69, 9.17) is 23.4 Å². The Morgan fingerprint density at radius 3 is 2.50 bits per heavy atom. The van der Waals surface area contributed by atoms with Crippen LogP contribution in [0, 0.1) is 12.8 Å². The van der Waals surface area contributed by atoms with Crippen LogP contribution in [0.5, 0.6) is 11.5 Å². The molecule has 12 heteroatoms. The van der Waals surface area contributed by atoms with E-state index in [2.05, 4.69) is 10.6 Å². The van der Waals surface area contributed by atoms with Gasteiger partial charge in [-0.15, -0.1) is 0 Å². The zero-order valence-corrected chi connectivity index (χ0v) is 21.6. The summed E-state index contributed by atoms with van der Waals surface area (Å²) in [6.45, 7) is 5.05. The number of fused-ring (bicyclic) bond motifs is 1. The Morgan fingerprint density at radius 2 is 1.87 bits per heavy atom. The van der Waals surface area contributed by atoms with Crippen LogP contribution in [0.1, 0.15) is 45.1 Å². The van der Waals surface area contributed by atoms with Crippen LogP contribution >= 0.6 is 0 Å². The molecule has 1 aliphatic heterocycles. The van der Waals surface area contributed by atoms with Crippen LogP contribution in [0.15, 0.2) is 21.3 Å². The van der Waals surface area contributed by atoms with Crippen molar-refractivity contribution in [1.29, 1.82) is 0 Å². The Hall–Kier alpha value is -3.35. The maximum atomic E-state index is 12.6. The molecule has 0 spiro atoms. The summed E-state index contributed by atoms with van der Waals surface area (Å²) in [6.07, 6.45) is -2.04. The Labute approximate surface area is 218 Å². The van der Waals surface area contributed by atoms with Crippen molar-refractivity contribution in [3.05, 3.63) is 28.1 Å². The van der Waals surface area contributed by atoms with Gasteiger partial charge >= 0.3 is 11.7 Å². The number of amides is 2. The lowest BCUT2D eigenvalue weighted by molar-refractivity contribution is -0.305. The van der Waals surface area contributed by atoms with Gasteiger partial charge in [0.25, 0.3) is 0 Å². The molecule has 2 heterocycles. The summed E-state index contributed by atoms with van der Waals surface area (Å²) in [5, 5.41) is 27.2. The predicted molar refractivity (Wildman–Crippen MR) is 133 cm³/mol. The maximum Gasteiger partial charge on any atom is 0.407 e. The molecule has 4 atom stereocenters. The molecule has 0 unspecified atom stereocenters. The molecule has 2 aromatic rings. The third-order valence-electron chi connectivity index (χ3n) is 7.10. The first-order valence-electron chi connectivity index (χ1n) is 12.6. The van der Waals surface area contributed by atoms with Gasteiger partial charge in [-0.25, -0.2) is 9.59 Å². The average Bonchev–Trinajstić information content (AvgIpc) is 3.76. The largest absolute Gasteiger partial charge is 0.505 e. The highest BCUT2D eigenvalue weighted by Crippen LogP contribution is 2.39. The van der Waals surface area contributed by atoms with E-state index in [0.717, 1.165) is 25.7 Å². The van der Waals surface area contributed by atoms with Gasteiger partial charge in [-0.05, 0) is 58.6 Å². The van der Waals surface area contributed by atoms with E-state index in [1.54, 1.807) is 20.8 Å². The lowest BCUT2D eigenvalue weighted by atomic mass is 9.89. The molecule has 206 valence electrons. The number of methoxy groups -OCH3 is 1. The number of carbonyl (C=O) groups excluding carboxylic acids is 2. The number of nitrogens with one attached hydrogen (secondary N) is 2. The molecule has 2 aliphatic carbocycles. The minimum Gasteiger partial charge on any atom is -0.505 e. The first-order valence-corrected chi connectivity index (χ1v) is 12.6. The average molecular weight is 533 g/mol. The number of hydrogen-bond donors (Lipinski definition) is 4. The third-order valence-corrected chi connectivity index (χ3v) is 7.10. The smallest absolute Gasteiger partial charge is 0.407 e. The number of aliphatic hydroxyl groups is 1. The van der Waals surface area contributed by atoms with E-state index in [1.165, 1.54) is 19.2 Å². The molecular formula is C26H32N2O10. The lowest BCUT2D eigenvalue weighted by Crippen LogP contribution is -2.65. The zero-order valence-electron chi connectivity index (χ0n) is 21.6. The fourth-order valence-corrected chi connectivity index (χ4v) is 4.66. The molecule has 1 saturated heterocycles.